The predicted octanol–water partition coefficient (Wildman–Crippen LogP) is 5.31. The highest BCUT2D eigenvalue weighted by molar-refractivity contribution is 5.94. The maximum absolute atomic E-state index is 13.0. The third kappa shape index (κ3) is 4.98. The summed E-state index contributed by atoms with van der Waals surface area (Å²) in [6, 6.07) is 16.0. The molecule has 8 heteroatoms. The van der Waals surface area contributed by atoms with Gasteiger partial charge < -0.3 is 18.5 Å². The van der Waals surface area contributed by atoms with Crippen molar-refractivity contribution in [3.63, 3.8) is 0 Å². The fraction of sp³-hybridized carbons (Fsp3) is 0.174. The number of aromatic nitrogens is 2. The fourth-order valence-electron chi connectivity index (χ4n) is 2.99. The Morgan fingerprint density at radius 2 is 1.74 bits per heavy atom. The van der Waals surface area contributed by atoms with E-state index >= 15 is 0 Å². The fourth-order valence-corrected chi connectivity index (χ4v) is 2.99. The van der Waals surface area contributed by atoms with Gasteiger partial charge in [0.2, 0.25) is 5.89 Å². The Labute approximate surface area is 178 Å². The van der Waals surface area contributed by atoms with E-state index in [1.54, 1.807) is 53.4 Å². The first kappa shape index (κ1) is 20.3. The summed E-state index contributed by atoms with van der Waals surface area (Å²) in [6.45, 7) is 2.71. The molecule has 2 aromatic carbocycles. The van der Waals surface area contributed by atoms with Gasteiger partial charge in [-0.05, 0) is 67.1 Å². The Morgan fingerprint density at radius 3 is 2.39 bits per heavy atom. The number of carbonyl (C=O) groups is 1. The van der Waals surface area contributed by atoms with Crippen molar-refractivity contribution in [1.29, 1.82) is 0 Å². The van der Waals surface area contributed by atoms with Crippen LogP contribution >= 0.6 is 0 Å². The lowest BCUT2D eigenvalue weighted by molar-refractivity contribution is 0.0728. The SMILES string of the molecule is CCCN(Cc1nnc(-c2ccco2)o1)C(=O)c1ccc(Oc2ccc(F)cc2)cc1. The molecule has 4 rings (SSSR count). The second kappa shape index (κ2) is 9.25. The highest BCUT2D eigenvalue weighted by atomic mass is 19.1. The number of furan rings is 1. The Balaban J connectivity index is 1.44. The minimum Gasteiger partial charge on any atom is -0.459 e. The van der Waals surface area contributed by atoms with E-state index in [4.69, 9.17) is 13.6 Å². The minimum absolute atomic E-state index is 0.159. The van der Waals surface area contributed by atoms with Gasteiger partial charge in [-0.2, -0.15) is 0 Å². The molecule has 7 nitrogen and oxygen atoms in total. The Hall–Kier alpha value is -3.94. The smallest absolute Gasteiger partial charge is 0.283 e. The molecule has 4 aromatic rings. The molecule has 0 aliphatic carbocycles. The first-order chi connectivity index (χ1) is 15.1. The van der Waals surface area contributed by atoms with E-state index in [1.165, 1.54) is 18.4 Å². The van der Waals surface area contributed by atoms with Crippen LogP contribution in [0.3, 0.4) is 0 Å². The number of nitrogens with zero attached hydrogens (tertiary/aromatic N) is 3. The lowest BCUT2D eigenvalue weighted by Crippen LogP contribution is -2.31. The predicted molar refractivity (Wildman–Crippen MR) is 110 cm³/mol. The molecule has 0 spiro atoms. The van der Waals surface area contributed by atoms with Crippen molar-refractivity contribution in [2.75, 3.05) is 6.54 Å². The lowest BCUT2D eigenvalue weighted by Gasteiger charge is -2.20. The van der Waals surface area contributed by atoms with Crippen LogP contribution in [0.5, 0.6) is 11.5 Å². The lowest BCUT2D eigenvalue weighted by atomic mass is 10.2. The number of hydrogen-bond acceptors (Lipinski definition) is 6. The van der Waals surface area contributed by atoms with Crippen LogP contribution in [0.2, 0.25) is 0 Å². The van der Waals surface area contributed by atoms with Crippen molar-refractivity contribution < 1.29 is 22.8 Å². The summed E-state index contributed by atoms with van der Waals surface area (Å²) < 4.78 is 29.6. The molecule has 0 N–H and O–H groups in total. The number of amides is 1. The van der Waals surface area contributed by atoms with Gasteiger partial charge in [0, 0.05) is 12.1 Å². The van der Waals surface area contributed by atoms with E-state index in [-0.39, 0.29) is 24.2 Å². The molecule has 0 bridgehead atoms. The summed E-state index contributed by atoms with van der Waals surface area (Å²) in [7, 11) is 0. The maximum atomic E-state index is 13.0. The van der Waals surface area contributed by atoms with Crippen molar-refractivity contribution in [3.8, 4) is 23.1 Å². The average molecular weight is 421 g/mol. The molecule has 31 heavy (non-hydrogen) atoms. The molecule has 2 heterocycles. The van der Waals surface area contributed by atoms with E-state index in [0.29, 0.717) is 35.3 Å². The van der Waals surface area contributed by atoms with Crippen LogP contribution in [0.1, 0.15) is 29.6 Å². The highest BCUT2D eigenvalue weighted by Crippen LogP contribution is 2.23. The molecule has 0 atom stereocenters. The van der Waals surface area contributed by atoms with Crippen molar-refractivity contribution in [2.24, 2.45) is 0 Å². The molecule has 0 fully saturated rings. The van der Waals surface area contributed by atoms with E-state index < -0.39 is 0 Å². The third-order valence-electron chi connectivity index (χ3n) is 4.46. The molecular weight excluding hydrogens is 401 g/mol. The van der Waals surface area contributed by atoms with Crippen LogP contribution in [-0.4, -0.2) is 27.5 Å². The number of hydrogen-bond donors (Lipinski definition) is 0. The van der Waals surface area contributed by atoms with Crippen LogP contribution in [0.25, 0.3) is 11.7 Å². The monoisotopic (exact) mass is 421 g/mol. The van der Waals surface area contributed by atoms with E-state index in [2.05, 4.69) is 10.2 Å². The number of rotatable bonds is 8. The van der Waals surface area contributed by atoms with Crippen molar-refractivity contribution in [1.82, 2.24) is 15.1 Å². The summed E-state index contributed by atoms with van der Waals surface area (Å²) in [5, 5.41) is 7.99. The van der Waals surface area contributed by atoms with Gasteiger partial charge in [-0.1, -0.05) is 6.92 Å². The quantitative estimate of drug-likeness (QED) is 0.383. The maximum Gasteiger partial charge on any atom is 0.283 e. The summed E-state index contributed by atoms with van der Waals surface area (Å²) in [6.07, 6.45) is 2.30. The second-order valence-corrected chi connectivity index (χ2v) is 6.79. The number of ether oxygens (including phenoxy) is 1. The summed E-state index contributed by atoms with van der Waals surface area (Å²) in [5.74, 6) is 1.64. The average Bonchev–Trinajstić information content (AvgIpc) is 3.47. The van der Waals surface area contributed by atoms with Crippen molar-refractivity contribution in [2.45, 2.75) is 19.9 Å². The minimum atomic E-state index is -0.332. The van der Waals surface area contributed by atoms with Crippen molar-refractivity contribution >= 4 is 5.91 Å². The first-order valence-electron chi connectivity index (χ1n) is 9.81. The van der Waals surface area contributed by atoms with Crippen molar-refractivity contribution in [3.05, 3.63) is 84.2 Å². The van der Waals surface area contributed by atoms with Crippen LogP contribution < -0.4 is 4.74 Å². The van der Waals surface area contributed by atoms with Gasteiger partial charge in [-0.25, -0.2) is 4.39 Å². The molecule has 0 radical (unpaired) electrons. The Kier molecular flexibility index (Phi) is 6.07. The summed E-state index contributed by atoms with van der Waals surface area (Å²) >= 11 is 0. The normalized spacial score (nSPS) is 10.8. The zero-order valence-electron chi connectivity index (χ0n) is 16.8. The largest absolute Gasteiger partial charge is 0.459 e. The number of halogens is 1. The molecule has 0 aliphatic heterocycles. The molecule has 158 valence electrons. The second-order valence-electron chi connectivity index (χ2n) is 6.79. The van der Waals surface area contributed by atoms with E-state index in [1.807, 2.05) is 6.92 Å². The number of benzene rings is 2. The van der Waals surface area contributed by atoms with Crippen LogP contribution in [0, 0.1) is 5.82 Å². The zero-order valence-corrected chi connectivity index (χ0v) is 16.8. The van der Waals surface area contributed by atoms with Gasteiger partial charge in [-0.15, -0.1) is 10.2 Å². The van der Waals surface area contributed by atoms with Gasteiger partial charge in [0.25, 0.3) is 11.8 Å². The van der Waals surface area contributed by atoms with Crippen LogP contribution in [0.4, 0.5) is 4.39 Å². The van der Waals surface area contributed by atoms with Crippen LogP contribution in [0.15, 0.2) is 75.8 Å². The van der Waals surface area contributed by atoms with Gasteiger partial charge in [0.15, 0.2) is 5.76 Å². The molecule has 2 aromatic heterocycles. The Morgan fingerprint density at radius 1 is 1.03 bits per heavy atom. The topological polar surface area (TPSA) is 81.6 Å². The zero-order chi connectivity index (χ0) is 21.6. The van der Waals surface area contributed by atoms with Gasteiger partial charge in [-0.3, -0.25) is 4.79 Å². The Bertz CT molecular complexity index is 1120. The third-order valence-corrected chi connectivity index (χ3v) is 4.46. The van der Waals surface area contributed by atoms with Gasteiger partial charge in [0.1, 0.15) is 17.3 Å². The number of carbonyl (C=O) groups excluding carboxylic acids is 1. The molecule has 0 unspecified atom stereocenters. The molecule has 0 aliphatic rings. The molecule has 0 saturated heterocycles. The van der Waals surface area contributed by atoms with Crippen LogP contribution in [-0.2, 0) is 6.54 Å². The molecule has 0 saturated carbocycles. The van der Waals surface area contributed by atoms with E-state index in [0.717, 1.165) is 6.42 Å². The molecule has 1 amide bonds. The van der Waals surface area contributed by atoms with Gasteiger partial charge in [0.05, 0.1) is 12.8 Å². The summed E-state index contributed by atoms with van der Waals surface area (Å²) in [5.41, 5.74) is 0.505. The summed E-state index contributed by atoms with van der Waals surface area (Å²) in [4.78, 5) is 14.7. The molecular formula is C23H20FN3O4. The first-order valence-corrected chi connectivity index (χ1v) is 9.81. The highest BCUT2D eigenvalue weighted by Gasteiger charge is 2.19. The van der Waals surface area contributed by atoms with Gasteiger partial charge >= 0.3 is 0 Å². The van der Waals surface area contributed by atoms with E-state index in [9.17, 15) is 9.18 Å². The standard InChI is InChI=1S/C23H20FN3O4/c1-2-13-27(15-21-25-26-22(31-21)20-4-3-14-29-20)23(28)16-5-9-18(10-6-16)30-19-11-7-17(24)8-12-19/h3-12,14H,2,13,15H2,1H3.